The van der Waals surface area contributed by atoms with Crippen molar-refractivity contribution in [3.8, 4) is 5.75 Å². The molecule has 1 aliphatic rings. The van der Waals surface area contributed by atoms with Crippen LogP contribution in [0.3, 0.4) is 0 Å². The van der Waals surface area contributed by atoms with Crippen molar-refractivity contribution in [2.75, 3.05) is 39.6 Å². The first-order valence-corrected chi connectivity index (χ1v) is 8.59. The van der Waals surface area contributed by atoms with Crippen LogP contribution in [-0.4, -0.2) is 59.6 Å². The number of carbonyl (C=O) groups excluding carboxylic acids is 2. The number of esters is 2. The molecule has 0 saturated carbocycles. The Morgan fingerprint density at radius 2 is 1.81 bits per heavy atom. The van der Waals surface area contributed by atoms with E-state index in [1.807, 2.05) is 0 Å². The number of anilines is 1. The zero-order valence-corrected chi connectivity index (χ0v) is 15.0. The molecular weight excluding hydrogens is 370 g/mol. The van der Waals surface area contributed by atoms with Crippen LogP contribution in [-0.2, 0) is 33.9 Å². The molecule has 1 N–H and O–H groups in total. The summed E-state index contributed by atoms with van der Waals surface area (Å²) in [6.45, 7) is -0.514. The van der Waals surface area contributed by atoms with E-state index in [9.17, 15) is 22.6 Å². The van der Waals surface area contributed by atoms with Crippen LogP contribution in [0.25, 0.3) is 0 Å². The second kappa shape index (κ2) is 7.72. The summed E-state index contributed by atoms with van der Waals surface area (Å²) in [6.07, 6.45) is 0. The molecule has 0 aromatic heterocycles. The highest BCUT2D eigenvalue weighted by Crippen LogP contribution is 2.34. The Morgan fingerprint density at radius 1 is 1.15 bits per heavy atom. The van der Waals surface area contributed by atoms with Crippen molar-refractivity contribution in [1.29, 1.82) is 0 Å². The predicted octanol–water partition coefficient (Wildman–Crippen LogP) is 0.336. The maximum Gasteiger partial charge on any atom is 0.355 e. The predicted molar refractivity (Wildman–Crippen MR) is 87.2 cm³/mol. The van der Waals surface area contributed by atoms with E-state index in [4.69, 9.17) is 14.2 Å². The van der Waals surface area contributed by atoms with Gasteiger partial charge in [-0.15, -0.1) is 0 Å². The van der Waals surface area contributed by atoms with Gasteiger partial charge in [0.2, 0.25) is 0 Å². The van der Waals surface area contributed by atoms with Crippen molar-refractivity contribution in [3.63, 3.8) is 0 Å². The summed E-state index contributed by atoms with van der Waals surface area (Å²) in [5.41, 5.74) is -0.549. The van der Waals surface area contributed by atoms with Crippen molar-refractivity contribution in [2.24, 2.45) is 0 Å². The third-order valence-corrected chi connectivity index (χ3v) is 4.47. The van der Waals surface area contributed by atoms with E-state index in [2.05, 4.69) is 4.74 Å². The Labute approximate surface area is 149 Å². The SMILES string of the molecule is COC(=O)C1=C(C(=O)OC)N(c2cc(OC)ccc2S(=O)(=O)O)COC1. The Morgan fingerprint density at radius 3 is 2.35 bits per heavy atom. The lowest BCUT2D eigenvalue weighted by molar-refractivity contribution is -0.140. The highest BCUT2D eigenvalue weighted by molar-refractivity contribution is 7.86. The molecule has 0 bridgehead atoms. The zero-order chi connectivity index (χ0) is 19.5. The minimum atomic E-state index is -4.65. The molecule has 0 fully saturated rings. The fourth-order valence-electron chi connectivity index (χ4n) is 2.39. The number of nitrogens with zero attached hydrogens (tertiary/aromatic N) is 1. The fourth-order valence-corrected chi connectivity index (χ4v) is 3.06. The monoisotopic (exact) mass is 387 g/mol. The molecule has 0 saturated heterocycles. The topological polar surface area (TPSA) is 129 Å². The Bertz CT molecular complexity index is 860. The molecule has 2 rings (SSSR count). The number of benzene rings is 1. The van der Waals surface area contributed by atoms with Gasteiger partial charge in [-0.25, -0.2) is 9.59 Å². The van der Waals surface area contributed by atoms with Gasteiger partial charge in [-0.05, 0) is 12.1 Å². The van der Waals surface area contributed by atoms with Crippen molar-refractivity contribution in [3.05, 3.63) is 29.5 Å². The van der Waals surface area contributed by atoms with Crippen LogP contribution in [0.5, 0.6) is 5.75 Å². The van der Waals surface area contributed by atoms with Gasteiger partial charge in [0.05, 0.1) is 39.2 Å². The average Bonchev–Trinajstić information content (AvgIpc) is 2.64. The van der Waals surface area contributed by atoms with E-state index in [0.717, 1.165) is 25.2 Å². The van der Waals surface area contributed by atoms with Gasteiger partial charge in [-0.2, -0.15) is 8.42 Å². The summed E-state index contributed by atoms with van der Waals surface area (Å²) in [5, 5.41) is 0. The third kappa shape index (κ3) is 3.79. The Hall–Kier alpha value is -2.63. The summed E-state index contributed by atoms with van der Waals surface area (Å²) in [5.74, 6) is -1.49. The van der Waals surface area contributed by atoms with Crippen LogP contribution in [0, 0.1) is 0 Å². The molecule has 0 aliphatic carbocycles. The smallest absolute Gasteiger partial charge is 0.355 e. The van der Waals surface area contributed by atoms with Gasteiger partial charge < -0.3 is 23.8 Å². The molecule has 1 aromatic carbocycles. The van der Waals surface area contributed by atoms with E-state index in [1.54, 1.807) is 0 Å². The lowest BCUT2D eigenvalue weighted by Gasteiger charge is -2.32. The molecular formula is C15H17NO9S. The van der Waals surface area contributed by atoms with Gasteiger partial charge in [-0.3, -0.25) is 4.55 Å². The van der Waals surface area contributed by atoms with E-state index < -0.39 is 27.0 Å². The van der Waals surface area contributed by atoms with E-state index in [-0.39, 0.29) is 36.0 Å². The van der Waals surface area contributed by atoms with Gasteiger partial charge in [0.15, 0.2) is 0 Å². The van der Waals surface area contributed by atoms with Crippen molar-refractivity contribution >= 4 is 27.7 Å². The molecule has 10 nitrogen and oxygen atoms in total. The Kier molecular flexibility index (Phi) is 5.85. The van der Waals surface area contributed by atoms with Gasteiger partial charge in [0.1, 0.15) is 23.1 Å². The number of rotatable bonds is 5. The average molecular weight is 387 g/mol. The quantitative estimate of drug-likeness (QED) is 0.557. The highest BCUT2D eigenvalue weighted by atomic mass is 32.2. The number of methoxy groups -OCH3 is 3. The molecule has 0 spiro atoms. The first kappa shape index (κ1) is 19.7. The van der Waals surface area contributed by atoms with Crippen LogP contribution in [0.15, 0.2) is 34.4 Å². The highest BCUT2D eigenvalue weighted by Gasteiger charge is 2.35. The number of carbonyl (C=O) groups is 2. The summed E-state index contributed by atoms with van der Waals surface area (Å²) in [6, 6.07) is 3.70. The van der Waals surface area contributed by atoms with Crippen molar-refractivity contribution < 1.29 is 41.5 Å². The Balaban J connectivity index is 2.76. The maximum absolute atomic E-state index is 12.3. The zero-order valence-electron chi connectivity index (χ0n) is 14.2. The standard InChI is InChI=1S/C15H17NO9S/c1-22-9-4-5-12(26(19,20)21)11(6-9)16-8-25-7-10(14(17)23-2)13(16)15(18)24-3/h4-6H,7-8H2,1-3H3,(H,19,20,21). The second-order valence-corrected chi connectivity index (χ2v) is 6.41. The third-order valence-electron chi connectivity index (χ3n) is 3.57. The van der Waals surface area contributed by atoms with Crippen LogP contribution in [0.1, 0.15) is 0 Å². The van der Waals surface area contributed by atoms with Crippen LogP contribution in [0.4, 0.5) is 5.69 Å². The summed E-state index contributed by atoms with van der Waals surface area (Å²) in [4.78, 5) is 24.8. The lowest BCUT2D eigenvalue weighted by atomic mass is 10.1. The van der Waals surface area contributed by atoms with Gasteiger partial charge in [-0.1, -0.05) is 0 Å². The second-order valence-electron chi connectivity index (χ2n) is 5.02. The number of hydrogen-bond acceptors (Lipinski definition) is 9. The van der Waals surface area contributed by atoms with E-state index in [1.165, 1.54) is 19.2 Å². The number of ether oxygens (including phenoxy) is 4. The van der Waals surface area contributed by atoms with Crippen molar-refractivity contribution in [1.82, 2.24) is 0 Å². The van der Waals surface area contributed by atoms with Gasteiger partial charge in [0, 0.05) is 6.07 Å². The van der Waals surface area contributed by atoms with Crippen LogP contribution >= 0.6 is 0 Å². The normalized spacial score (nSPS) is 14.8. The van der Waals surface area contributed by atoms with Gasteiger partial charge >= 0.3 is 11.9 Å². The molecule has 0 atom stereocenters. The molecule has 26 heavy (non-hydrogen) atoms. The van der Waals surface area contributed by atoms with Crippen LogP contribution in [0.2, 0.25) is 0 Å². The minimum absolute atomic E-state index is 0.131. The molecule has 1 aromatic rings. The fraction of sp³-hybridized carbons (Fsp3) is 0.333. The van der Waals surface area contributed by atoms with Crippen molar-refractivity contribution in [2.45, 2.75) is 4.90 Å². The molecule has 142 valence electrons. The minimum Gasteiger partial charge on any atom is -0.497 e. The molecule has 1 heterocycles. The summed E-state index contributed by atoms with van der Waals surface area (Å²) in [7, 11) is -1.07. The molecule has 0 radical (unpaired) electrons. The molecule has 1 aliphatic heterocycles. The number of hydrogen-bond donors (Lipinski definition) is 1. The molecule has 0 unspecified atom stereocenters. The molecule has 0 amide bonds. The van der Waals surface area contributed by atoms with Gasteiger partial charge in [0.25, 0.3) is 10.1 Å². The molecule has 11 heteroatoms. The first-order valence-electron chi connectivity index (χ1n) is 7.15. The van der Waals surface area contributed by atoms with E-state index >= 15 is 0 Å². The van der Waals surface area contributed by atoms with Crippen LogP contribution < -0.4 is 9.64 Å². The summed E-state index contributed by atoms with van der Waals surface area (Å²) >= 11 is 0. The van der Waals surface area contributed by atoms with E-state index in [0.29, 0.717) is 0 Å². The first-order chi connectivity index (χ1) is 12.2. The maximum atomic E-state index is 12.3. The lowest BCUT2D eigenvalue weighted by Crippen LogP contribution is -2.39. The summed E-state index contributed by atoms with van der Waals surface area (Å²) < 4.78 is 52.7. The largest absolute Gasteiger partial charge is 0.497 e.